The number of nitrogens with zero attached hydrogens (tertiary/aromatic N) is 2. The molecule has 0 radical (unpaired) electrons. The van der Waals surface area contributed by atoms with Gasteiger partial charge in [0.2, 0.25) is 0 Å². The summed E-state index contributed by atoms with van der Waals surface area (Å²) in [6.45, 7) is 3.50. The van der Waals surface area contributed by atoms with Crippen LogP contribution in [0.1, 0.15) is 13.8 Å². The van der Waals surface area contributed by atoms with Gasteiger partial charge in [-0.25, -0.2) is 9.18 Å². The lowest BCUT2D eigenvalue weighted by Gasteiger charge is -2.44. The quantitative estimate of drug-likeness (QED) is 0.905. The van der Waals surface area contributed by atoms with E-state index in [0.717, 1.165) is 4.90 Å². The Morgan fingerprint density at radius 1 is 1.38 bits per heavy atom. The lowest BCUT2D eigenvalue weighted by Crippen LogP contribution is -2.64. The highest BCUT2D eigenvalue weighted by Crippen LogP contribution is 2.30. The van der Waals surface area contributed by atoms with Gasteiger partial charge in [0.25, 0.3) is 5.91 Å². The van der Waals surface area contributed by atoms with E-state index in [1.54, 1.807) is 13.8 Å². The molecule has 0 aliphatic carbocycles. The van der Waals surface area contributed by atoms with E-state index in [4.69, 9.17) is 9.84 Å². The Morgan fingerprint density at radius 3 is 2.62 bits per heavy atom. The average Bonchev–Trinajstić information content (AvgIpc) is 2.42. The van der Waals surface area contributed by atoms with Crippen molar-refractivity contribution < 1.29 is 23.8 Å². The summed E-state index contributed by atoms with van der Waals surface area (Å²) in [5.41, 5.74) is -0.692. The Morgan fingerprint density at radius 2 is 2.05 bits per heavy atom. The Labute approximate surface area is 121 Å². The van der Waals surface area contributed by atoms with Crippen molar-refractivity contribution in [2.75, 3.05) is 25.1 Å². The van der Waals surface area contributed by atoms with E-state index in [0.29, 0.717) is 5.69 Å². The maximum atomic E-state index is 13.4. The summed E-state index contributed by atoms with van der Waals surface area (Å²) < 4.78 is 18.3. The zero-order chi connectivity index (χ0) is 15.8. The summed E-state index contributed by atoms with van der Waals surface area (Å²) in [6.07, 6.45) is -1.13. The number of carboxylic acid groups (broad SMARTS) is 1. The number of halogens is 1. The Balaban J connectivity index is 2.35. The predicted molar refractivity (Wildman–Crippen MR) is 74.1 cm³/mol. The molecule has 1 N–H and O–H groups in total. The molecule has 2 rings (SSSR count). The van der Waals surface area contributed by atoms with Gasteiger partial charge in [-0.15, -0.1) is 0 Å². The van der Waals surface area contributed by atoms with Gasteiger partial charge in [-0.3, -0.25) is 9.69 Å². The zero-order valence-corrected chi connectivity index (χ0v) is 12.1. The second kappa shape index (κ2) is 5.23. The number of carbonyl (C=O) groups excluding carboxylic acids is 1. The molecule has 0 atom stereocenters. The molecule has 1 aliphatic heterocycles. The highest BCUT2D eigenvalue weighted by atomic mass is 19.1. The van der Waals surface area contributed by atoms with E-state index < -0.39 is 17.4 Å². The summed E-state index contributed by atoms with van der Waals surface area (Å²) in [7, 11) is 1.34. The minimum Gasteiger partial charge on any atom is -0.494 e. The van der Waals surface area contributed by atoms with E-state index in [1.165, 1.54) is 30.2 Å². The third-order valence-electron chi connectivity index (χ3n) is 3.67. The molecular formula is C14H17FN2O4. The van der Waals surface area contributed by atoms with E-state index >= 15 is 0 Å². The molecular weight excluding hydrogens is 279 g/mol. The molecule has 0 aromatic heterocycles. The molecule has 1 fully saturated rings. The fourth-order valence-corrected chi connectivity index (χ4v) is 2.42. The molecule has 1 aromatic rings. The van der Waals surface area contributed by atoms with Gasteiger partial charge in [0.05, 0.1) is 7.11 Å². The molecule has 7 heteroatoms. The van der Waals surface area contributed by atoms with Crippen LogP contribution >= 0.6 is 0 Å². The Bertz CT molecular complexity index is 588. The van der Waals surface area contributed by atoms with E-state index in [-0.39, 0.29) is 24.7 Å². The van der Waals surface area contributed by atoms with Crippen LogP contribution in [0.25, 0.3) is 0 Å². The molecule has 1 aromatic carbocycles. The number of ether oxygens (including phenoxy) is 1. The molecule has 21 heavy (non-hydrogen) atoms. The first-order chi connectivity index (χ1) is 9.78. The summed E-state index contributed by atoms with van der Waals surface area (Å²) in [4.78, 5) is 26.3. The van der Waals surface area contributed by atoms with Gasteiger partial charge in [-0.05, 0) is 26.0 Å². The predicted octanol–water partition coefficient (Wildman–Crippen LogP) is 1.94. The summed E-state index contributed by atoms with van der Waals surface area (Å²) in [5, 5.41) is 9.15. The van der Waals surface area contributed by atoms with Crippen LogP contribution in [0.15, 0.2) is 18.2 Å². The van der Waals surface area contributed by atoms with Crippen molar-refractivity contribution in [3.8, 4) is 5.75 Å². The largest absolute Gasteiger partial charge is 0.494 e. The highest BCUT2D eigenvalue weighted by molar-refractivity contribution is 6.02. The lowest BCUT2D eigenvalue weighted by atomic mass is 9.97. The maximum Gasteiger partial charge on any atom is 0.408 e. The first kappa shape index (κ1) is 15.1. The highest BCUT2D eigenvalue weighted by Gasteiger charge is 2.44. The molecule has 0 bridgehead atoms. The molecule has 0 spiro atoms. The Kier molecular flexibility index (Phi) is 3.76. The van der Waals surface area contributed by atoms with Gasteiger partial charge in [-0.2, -0.15) is 0 Å². The number of rotatable bonds is 2. The number of amides is 2. The molecule has 0 unspecified atom stereocenters. The van der Waals surface area contributed by atoms with Crippen LogP contribution in [-0.4, -0.2) is 47.7 Å². The van der Waals surface area contributed by atoms with Crippen molar-refractivity contribution in [2.45, 2.75) is 19.4 Å². The normalized spacial score (nSPS) is 17.8. The molecule has 2 amide bonds. The number of methoxy groups -OCH3 is 1. The van der Waals surface area contributed by atoms with Crippen LogP contribution in [-0.2, 0) is 4.79 Å². The zero-order valence-electron chi connectivity index (χ0n) is 12.1. The van der Waals surface area contributed by atoms with E-state index in [2.05, 4.69) is 0 Å². The van der Waals surface area contributed by atoms with Crippen molar-refractivity contribution in [1.29, 1.82) is 0 Å². The second-order valence-corrected chi connectivity index (χ2v) is 5.27. The van der Waals surface area contributed by atoms with Crippen LogP contribution < -0.4 is 9.64 Å². The molecule has 114 valence electrons. The maximum absolute atomic E-state index is 13.4. The molecule has 0 saturated carbocycles. The van der Waals surface area contributed by atoms with Crippen LogP contribution in [0.2, 0.25) is 0 Å². The molecule has 1 heterocycles. The minimum atomic E-state index is -1.17. The number of carbonyl (C=O) groups is 2. The van der Waals surface area contributed by atoms with Gasteiger partial charge in [0.15, 0.2) is 11.6 Å². The number of anilines is 1. The topological polar surface area (TPSA) is 70.1 Å². The van der Waals surface area contributed by atoms with Gasteiger partial charge in [-0.1, -0.05) is 0 Å². The fraction of sp³-hybridized carbons (Fsp3) is 0.429. The SMILES string of the molecule is COc1cc(N2CCN(C(=O)O)C(C)(C)C2=O)ccc1F. The third kappa shape index (κ3) is 2.51. The lowest BCUT2D eigenvalue weighted by molar-refractivity contribution is -0.130. The standard InChI is InChI=1S/C14H17FN2O4/c1-14(2)12(18)16(6-7-17(14)13(19)20)9-4-5-10(15)11(8-9)21-3/h4-5,8H,6-7H2,1-3H3,(H,19,20). The minimum absolute atomic E-state index is 0.0405. The number of piperazine rings is 1. The van der Waals surface area contributed by atoms with Gasteiger partial charge in [0.1, 0.15) is 5.54 Å². The molecule has 1 saturated heterocycles. The summed E-state index contributed by atoms with van der Waals surface area (Å²) in [5.74, 6) is -0.833. The average molecular weight is 296 g/mol. The first-order valence-electron chi connectivity index (χ1n) is 6.45. The Hall–Kier alpha value is -2.31. The van der Waals surface area contributed by atoms with Crippen LogP contribution in [0.3, 0.4) is 0 Å². The van der Waals surface area contributed by atoms with Crippen molar-refractivity contribution in [3.05, 3.63) is 24.0 Å². The van der Waals surface area contributed by atoms with Crippen molar-refractivity contribution >= 4 is 17.7 Å². The van der Waals surface area contributed by atoms with Crippen LogP contribution in [0.4, 0.5) is 14.9 Å². The smallest absolute Gasteiger partial charge is 0.408 e. The monoisotopic (exact) mass is 296 g/mol. The van der Waals surface area contributed by atoms with Crippen LogP contribution in [0.5, 0.6) is 5.75 Å². The molecule has 1 aliphatic rings. The van der Waals surface area contributed by atoms with Gasteiger partial charge in [0, 0.05) is 24.8 Å². The van der Waals surface area contributed by atoms with Crippen molar-refractivity contribution in [2.24, 2.45) is 0 Å². The molecule has 6 nitrogen and oxygen atoms in total. The van der Waals surface area contributed by atoms with Crippen LogP contribution in [0, 0.1) is 5.82 Å². The summed E-state index contributed by atoms with van der Waals surface area (Å²) >= 11 is 0. The third-order valence-corrected chi connectivity index (χ3v) is 3.67. The second-order valence-electron chi connectivity index (χ2n) is 5.27. The summed E-state index contributed by atoms with van der Waals surface area (Å²) in [6, 6.07) is 4.13. The van der Waals surface area contributed by atoms with Gasteiger partial charge < -0.3 is 14.7 Å². The number of hydrogen-bond acceptors (Lipinski definition) is 3. The van der Waals surface area contributed by atoms with Crippen molar-refractivity contribution in [3.63, 3.8) is 0 Å². The number of benzene rings is 1. The number of hydrogen-bond donors (Lipinski definition) is 1. The van der Waals surface area contributed by atoms with Gasteiger partial charge >= 0.3 is 6.09 Å². The fourth-order valence-electron chi connectivity index (χ4n) is 2.42. The van der Waals surface area contributed by atoms with E-state index in [9.17, 15) is 14.0 Å². The van der Waals surface area contributed by atoms with Crippen molar-refractivity contribution in [1.82, 2.24) is 4.90 Å². The van der Waals surface area contributed by atoms with E-state index in [1.807, 2.05) is 0 Å². The first-order valence-corrected chi connectivity index (χ1v) is 6.45.